The normalized spacial score (nSPS) is 16.2. The van der Waals surface area contributed by atoms with E-state index in [1.54, 1.807) is 0 Å². The van der Waals surface area contributed by atoms with Gasteiger partial charge in [-0.15, -0.1) is 10.2 Å². The van der Waals surface area contributed by atoms with Gasteiger partial charge in [-0.2, -0.15) is 5.21 Å². The number of benzene rings is 1. The predicted octanol–water partition coefficient (Wildman–Crippen LogP) is 3.72. The summed E-state index contributed by atoms with van der Waals surface area (Å²) in [6, 6.07) is 8.39. The van der Waals surface area contributed by atoms with E-state index in [0.717, 1.165) is 44.0 Å². The van der Waals surface area contributed by atoms with Crippen molar-refractivity contribution in [2.24, 2.45) is 0 Å². The summed E-state index contributed by atoms with van der Waals surface area (Å²) in [6.45, 7) is 3.83. The van der Waals surface area contributed by atoms with Gasteiger partial charge in [0.25, 0.3) is 0 Å². The van der Waals surface area contributed by atoms with Crippen LogP contribution in [-0.4, -0.2) is 27.2 Å². The monoisotopic (exact) mass is 343 g/mol. The van der Waals surface area contributed by atoms with Crippen LogP contribution in [0.15, 0.2) is 24.3 Å². The quantitative estimate of drug-likeness (QED) is 0.643. The molecule has 1 saturated carbocycles. The van der Waals surface area contributed by atoms with Crippen molar-refractivity contribution in [3.8, 4) is 5.75 Å². The van der Waals surface area contributed by atoms with Crippen LogP contribution in [0.1, 0.15) is 69.7 Å². The van der Waals surface area contributed by atoms with Gasteiger partial charge in [0.2, 0.25) is 0 Å². The molecule has 6 nitrogen and oxygen atoms in total. The van der Waals surface area contributed by atoms with Gasteiger partial charge in [-0.3, -0.25) is 0 Å². The van der Waals surface area contributed by atoms with Crippen LogP contribution >= 0.6 is 0 Å². The minimum atomic E-state index is -0.137. The molecule has 0 atom stereocenters. The summed E-state index contributed by atoms with van der Waals surface area (Å²) in [4.78, 5) is 0. The average Bonchev–Trinajstić information content (AvgIpc) is 3.33. The Morgan fingerprint density at radius 1 is 1.12 bits per heavy atom. The highest BCUT2D eigenvalue weighted by molar-refractivity contribution is 5.27. The topological polar surface area (TPSA) is 75.7 Å². The number of aromatic nitrogens is 4. The molecule has 1 aromatic heterocycles. The number of unbranched alkanes of at least 4 members (excludes halogenated alkanes) is 3. The fraction of sp³-hybridized carbons (Fsp3) is 0.632. The zero-order valence-electron chi connectivity index (χ0n) is 15.1. The Morgan fingerprint density at radius 3 is 2.60 bits per heavy atom. The van der Waals surface area contributed by atoms with Crippen LogP contribution in [-0.2, 0) is 12.1 Å². The maximum atomic E-state index is 5.81. The van der Waals surface area contributed by atoms with E-state index in [1.165, 1.54) is 37.7 Å². The Bertz CT molecular complexity index is 605. The molecule has 1 heterocycles. The van der Waals surface area contributed by atoms with Crippen molar-refractivity contribution in [1.29, 1.82) is 0 Å². The summed E-state index contributed by atoms with van der Waals surface area (Å²) in [5.74, 6) is 1.74. The van der Waals surface area contributed by atoms with Crippen LogP contribution in [0.25, 0.3) is 0 Å². The Labute approximate surface area is 149 Å². The van der Waals surface area contributed by atoms with E-state index in [9.17, 15) is 0 Å². The lowest BCUT2D eigenvalue weighted by molar-refractivity contribution is 0.304. The lowest BCUT2D eigenvalue weighted by Crippen LogP contribution is -2.40. The highest BCUT2D eigenvalue weighted by Crippen LogP contribution is 2.36. The molecule has 0 saturated heterocycles. The lowest BCUT2D eigenvalue weighted by atomic mass is 9.96. The van der Waals surface area contributed by atoms with E-state index in [1.807, 2.05) is 0 Å². The molecule has 0 spiro atoms. The van der Waals surface area contributed by atoms with Crippen LogP contribution in [0, 0.1) is 0 Å². The third-order valence-corrected chi connectivity index (χ3v) is 5.05. The fourth-order valence-corrected chi connectivity index (χ4v) is 3.52. The van der Waals surface area contributed by atoms with Gasteiger partial charge >= 0.3 is 0 Å². The molecule has 6 heteroatoms. The number of H-pyrrole nitrogens is 1. The van der Waals surface area contributed by atoms with Crippen LogP contribution < -0.4 is 10.1 Å². The maximum absolute atomic E-state index is 5.81. The molecule has 1 aromatic carbocycles. The second-order valence-electron chi connectivity index (χ2n) is 6.93. The summed E-state index contributed by atoms with van der Waals surface area (Å²) in [5, 5.41) is 18.4. The van der Waals surface area contributed by atoms with E-state index in [0.29, 0.717) is 0 Å². The predicted molar refractivity (Wildman–Crippen MR) is 97.2 cm³/mol. The summed E-state index contributed by atoms with van der Waals surface area (Å²) < 4.78 is 5.81. The van der Waals surface area contributed by atoms with Gasteiger partial charge < -0.3 is 10.1 Å². The first-order chi connectivity index (χ1) is 12.3. The number of nitrogens with one attached hydrogen (secondary N) is 2. The molecule has 3 rings (SSSR count). The molecular weight excluding hydrogens is 314 g/mol. The molecule has 0 unspecified atom stereocenters. The number of tetrazole rings is 1. The first-order valence-electron chi connectivity index (χ1n) is 9.53. The summed E-state index contributed by atoms with van der Waals surface area (Å²) in [6.07, 6.45) is 9.44. The molecule has 136 valence electrons. The second kappa shape index (κ2) is 8.94. The number of hydrogen-bond acceptors (Lipinski definition) is 5. The van der Waals surface area contributed by atoms with Gasteiger partial charge in [0.15, 0.2) is 5.82 Å². The highest BCUT2D eigenvalue weighted by atomic mass is 16.5. The van der Waals surface area contributed by atoms with Crippen molar-refractivity contribution in [2.75, 3.05) is 6.61 Å². The molecule has 2 aromatic rings. The molecule has 1 fully saturated rings. The van der Waals surface area contributed by atoms with E-state index in [-0.39, 0.29) is 5.54 Å². The van der Waals surface area contributed by atoms with E-state index in [4.69, 9.17) is 4.74 Å². The third kappa shape index (κ3) is 4.78. The number of rotatable bonds is 10. The van der Waals surface area contributed by atoms with E-state index >= 15 is 0 Å². The van der Waals surface area contributed by atoms with Gasteiger partial charge in [0.1, 0.15) is 5.75 Å². The number of aromatic amines is 1. The Balaban J connectivity index is 1.49. The fourth-order valence-electron chi connectivity index (χ4n) is 3.52. The minimum Gasteiger partial charge on any atom is -0.494 e. The molecule has 25 heavy (non-hydrogen) atoms. The lowest BCUT2D eigenvalue weighted by Gasteiger charge is -2.26. The summed E-state index contributed by atoms with van der Waals surface area (Å²) in [7, 11) is 0. The Hall–Kier alpha value is -1.95. The largest absolute Gasteiger partial charge is 0.494 e. The van der Waals surface area contributed by atoms with E-state index < -0.39 is 0 Å². The number of hydrogen-bond donors (Lipinski definition) is 2. The van der Waals surface area contributed by atoms with Crippen LogP contribution in [0.3, 0.4) is 0 Å². The summed E-state index contributed by atoms with van der Waals surface area (Å²) in [5.41, 5.74) is 1.11. The van der Waals surface area contributed by atoms with Gasteiger partial charge in [0, 0.05) is 6.54 Å². The SMILES string of the molecule is CCCCCCOc1ccc(CNC2(c3nn[nH]n3)CCCC2)cc1. The van der Waals surface area contributed by atoms with Gasteiger partial charge in [-0.1, -0.05) is 56.4 Å². The second-order valence-corrected chi connectivity index (χ2v) is 6.93. The Kier molecular flexibility index (Phi) is 6.39. The van der Waals surface area contributed by atoms with Crippen LogP contribution in [0.5, 0.6) is 5.75 Å². The molecular formula is C19H29N5O. The first-order valence-corrected chi connectivity index (χ1v) is 9.53. The zero-order chi connectivity index (χ0) is 17.4. The van der Waals surface area contributed by atoms with Crippen molar-refractivity contribution in [2.45, 2.75) is 70.4 Å². The standard InChI is InChI=1S/C19H29N5O/c1-2-3-4-7-14-25-17-10-8-16(9-11-17)15-20-19(12-5-6-13-19)18-21-23-24-22-18/h8-11,20H,2-7,12-15H2,1H3,(H,21,22,23,24). The summed E-state index contributed by atoms with van der Waals surface area (Å²) >= 11 is 0. The molecule has 2 N–H and O–H groups in total. The molecule has 1 aliphatic rings. The van der Waals surface area contributed by atoms with Crippen molar-refractivity contribution < 1.29 is 4.74 Å². The average molecular weight is 343 g/mol. The van der Waals surface area contributed by atoms with Crippen LogP contribution in [0.2, 0.25) is 0 Å². The smallest absolute Gasteiger partial charge is 0.194 e. The number of ether oxygens (including phenoxy) is 1. The molecule has 0 bridgehead atoms. The molecule has 0 radical (unpaired) electrons. The van der Waals surface area contributed by atoms with Crippen molar-refractivity contribution in [3.63, 3.8) is 0 Å². The molecule has 0 aliphatic heterocycles. The first kappa shape index (κ1) is 17.9. The Morgan fingerprint density at radius 2 is 1.92 bits per heavy atom. The third-order valence-electron chi connectivity index (χ3n) is 5.05. The van der Waals surface area contributed by atoms with Gasteiger partial charge in [0.05, 0.1) is 12.1 Å². The van der Waals surface area contributed by atoms with Crippen molar-refractivity contribution >= 4 is 0 Å². The highest BCUT2D eigenvalue weighted by Gasteiger charge is 2.38. The maximum Gasteiger partial charge on any atom is 0.194 e. The minimum absolute atomic E-state index is 0.137. The molecule has 1 aliphatic carbocycles. The van der Waals surface area contributed by atoms with E-state index in [2.05, 4.69) is 57.1 Å². The van der Waals surface area contributed by atoms with Gasteiger partial charge in [-0.25, -0.2) is 0 Å². The molecule has 0 amide bonds. The number of nitrogens with zero attached hydrogens (tertiary/aromatic N) is 3. The van der Waals surface area contributed by atoms with Crippen LogP contribution in [0.4, 0.5) is 0 Å². The van der Waals surface area contributed by atoms with Crippen molar-refractivity contribution in [3.05, 3.63) is 35.7 Å². The zero-order valence-corrected chi connectivity index (χ0v) is 15.1. The van der Waals surface area contributed by atoms with Gasteiger partial charge in [-0.05, 0) is 37.0 Å². The van der Waals surface area contributed by atoms with Crippen molar-refractivity contribution in [1.82, 2.24) is 25.9 Å².